The number of fused-ring (bicyclic) bond motifs is 2. The van der Waals surface area contributed by atoms with Crippen molar-refractivity contribution in [2.24, 2.45) is 0 Å². The van der Waals surface area contributed by atoms with Crippen LogP contribution in [0.1, 0.15) is 94.3 Å². The molecule has 2 fully saturated rings. The number of aromatic amines is 1. The van der Waals surface area contributed by atoms with E-state index in [1.165, 1.54) is 15.4 Å². The molecule has 5 aromatic heterocycles. The van der Waals surface area contributed by atoms with Gasteiger partial charge in [0.1, 0.15) is 11.6 Å². The van der Waals surface area contributed by atoms with E-state index < -0.39 is 32.6 Å². The SMILES string of the molecule is Cc1cc(-n2nc3c(c2-n2ccn(-c4ccc(S(C)(=N)=O)cc4)c2=O)[C@H](C)N(C(=O)c2cn4cc(C5CCOCC5)ccc4c2C2(c4noc(=O)[nH]4)CC2)CC3)cc(C)c1F. The van der Waals surface area contributed by atoms with Crippen LogP contribution in [0.2, 0.25) is 0 Å². The van der Waals surface area contributed by atoms with Crippen LogP contribution in [0.25, 0.3) is 22.7 Å². The van der Waals surface area contributed by atoms with Crippen LogP contribution in [0, 0.1) is 24.4 Å². The molecular weight excluding hydrogens is 802 g/mol. The quantitative estimate of drug-likeness (QED) is 0.180. The zero-order valence-corrected chi connectivity index (χ0v) is 34.9. The first kappa shape index (κ1) is 38.8. The summed E-state index contributed by atoms with van der Waals surface area (Å²) >= 11 is 0. The lowest BCUT2D eigenvalue weighted by atomic mass is 9.90. The molecule has 1 saturated heterocycles. The highest BCUT2D eigenvalue weighted by Crippen LogP contribution is 2.55. The van der Waals surface area contributed by atoms with Crippen molar-refractivity contribution in [2.75, 3.05) is 26.0 Å². The van der Waals surface area contributed by atoms with E-state index in [2.05, 4.69) is 28.5 Å². The summed E-state index contributed by atoms with van der Waals surface area (Å²) in [4.78, 5) is 47.0. The third-order valence-corrected chi connectivity index (χ3v) is 14.0. The predicted molar refractivity (Wildman–Crippen MR) is 223 cm³/mol. The van der Waals surface area contributed by atoms with Gasteiger partial charge in [-0.15, -0.1) is 0 Å². The summed E-state index contributed by atoms with van der Waals surface area (Å²) in [7, 11) is -2.96. The Kier molecular flexibility index (Phi) is 8.99. The molecule has 2 aliphatic heterocycles. The minimum Gasteiger partial charge on any atom is -0.381 e. The van der Waals surface area contributed by atoms with Crippen molar-refractivity contribution in [3.8, 4) is 17.2 Å². The standard InChI is InChI=1S/C44H44FN9O6S/c1-25-21-31(22-26(2)38(25)45)54-39(53-18-17-52(43(53)57)30-6-8-32(9-7-30)61(4,46)58)36-27(3)51(16-11-34(36)48-54)40(55)33-24-50-23-29(28-12-19-59-20-13-28)5-10-35(50)37(33)44(14-15-44)41-47-42(56)60-49-41/h5-10,17-18,21-24,27-28,46H,11-16,19-20H2,1-4H3,(H,47,49,56)/t27-,61?/m0/s1. The Morgan fingerprint density at radius 3 is 2.34 bits per heavy atom. The van der Waals surface area contributed by atoms with Gasteiger partial charge in [-0.05, 0) is 112 Å². The first-order valence-electron chi connectivity index (χ1n) is 20.4. The molecule has 10 rings (SSSR count). The zero-order chi connectivity index (χ0) is 42.5. The molecule has 0 radical (unpaired) electrons. The maximum absolute atomic E-state index is 15.3. The fourth-order valence-electron chi connectivity index (χ4n) is 9.44. The molecule has 15 nitrogen and oxygen atoms in total. The number of carbonyl (C=O) groups excluding carboxylic acids is 1. The topological polar surface area (TPSA) is 179 Å². The Morgan fingerprint density at radius 2 is 1.69 bits per heavy atom. The number of carbonyl (C=O) groups is 1. The summed E-state index contributed by atoms with van der Waals surface area (Å²) in [6, 6.07) is 13.4. The Morgan fingerprint density at radius 1 is 0.984 bits per heavy atom. The summed E-state index contributed by atoms with van der Waals surface area (Å²) in [5.74, 6) is -0.0900. The molecule has 0 spiro atoms. The van der Waals surface area contributed by atoms with E-state index in [1.807, 2.05) is 22.4 Å². The van der Waals surface area contributed by atoms with Gasteiger partial charge in [-0.2, -0.15) is 5.10 Å². The van der Waals surface area contributed by atoms with Crippen molar-refractivity contribution < 1.29 is 22.7 Å². The minimum atomic E-state index is -2.96. The highest BCUT2D eigenvalue weighted by atomic mass is 32.2. The van der Waals surface area contributed by atoms with E-state index >= 15 is 9.18 Å². The number of aromatic nitrogens is 7. The number of ether oxygens (including phenoxy) is 1. The van der Waals surface area contributed by atoms with E-state index in [-0.39, 0.29) is 11.7 Å². The van der Waals surface area contributed by atoms with Crippen LogP contribution >= 0.6 is 0 Å². The molecule has 2 aromatic carbocycles. The molecule has 7 aromatic rings. The molecule has 1 amide bonds. The summed E-state index contributed by atoms with van der Waals surface area (Å²) in [5, 5.41) is 9.18. The second-order valence-corrected chi connectivity index (χ2v) is 18.8. The van der Waals surface area contributed by atoms with Gasteiger partial charge in [-0.1, -0.05) is 11.2 Å². The van der Waals surface area contributed by atoms with Crippen molar-refractivity contribution in [3.05, 3.63) is 145 Å². The molecule has 2 N–H and O–H groups in total. The van der Waals surface area contributed by atoms with Gasteiger partial charge in [0.25, 0.3) is 5.91 Å². The summed E-state index contributed by atoms with van der Waals surface area (Å²) in [6.07, 6.45) is 12.1. The minimum absolute atomic E-state index is 0.222. The van der Waals surface area contributed by atoms with Crippen molar-refractivity contribution in [1.82, 2.24) is 38.4 Å². The van der Waals surface area contributed by atoms with Gasteiger partial charge < -0.3 is 14.0 Å². The number of pyridine rings is 1. The van der Waals surface area contributed by atoms with Crippen molar-refractivity contribution in [1.29, 1.82) is 4.78 Å². The van der Waals surface area contributed by atoms with Crippen LogP contribution in [0.5, 0.6) is 0 Å². The number of H-pyrrole nitrogens is 1. The van der Waals surface area contributed by atoms with E-state index in [0.717, 1.165) is 29.5 Å². The van der Waals surface area contributed by atoms with Gasteiger partial charge in [-0.3, -0.25) is 23.4 Å². The highest BCUT2D eigenvalue weighted by molar-refractivity contribution is 7.91. The van der Waals surface area contributed by atoms with Crippen LogP contribution in [-0.4, -0.2) is 74.5 Å². The maximum atomic E-state index is 15.3. The average molecular weight is 846 g/mol. The normalized spacial score (nSPS) is 18.6. The van der Waals surface area contributed by atoms with E-state index in [1.54, 1.807) is 67.3 Å². The molecule has 0 bridgehead atoms. The maximum Gasteiger partial charge on any atom is 0.438 e. The number of halogens is 1. The van der Waals surface area contributed by atoms with Gasteiger partial charge >= 0.3 is 11.4 Å². The number of nitrogens with zero attached hydrogens (tertiary/aromatic N) is 7. The van der Waals surface area contributed by atoms with Crippen LogP contribution in [0.15, 0.2) is 92.3 Å². The van der Waals surface area contributed by atoms with Crippen LogP contribution in [0.4, 0.5) is 4.39 Å². The second-order valence-electron chi connectivity index (χ2n) is 16.7. The van der Waals surface area contributed by atoms with Gasteiger partial charge in [0, 0.05) is 73.2 Å². The average Bonchev–Trinajstić information content (AvgIpc) is 3.54. The molecule has 1 aliphatic carbocycles. The van der Waals surface area contributed by atoms with Crippen molar-refractivity contribution in [3.63, 3.8) is 0 Å². The van der Waals surface area contributed by atoms with Gasteiger partial charge in [0.05, 0.1) is 49.3 Å². The van der Waals surface area contributed by atoms with E-state index in [9.17, 15) is 13.8 Å². The van der Waals surface area contributed by atoms with Crippen LogP contribution < -0.4 is 11.4 Å². The summed E-state index contributed by atoms with van der Waals surface area (Å²) in [6.45, 7) is 7.01. The zero-order valence-electron chi connectivity index (χ0n) is 34.1. The van der Waals surface area contributed by atoms with Crippen LogP contribution in [0.3, 0.4) is 0 Å². The fourth-order valence-corrected chi connectivity index (χ4v) is 10.1. The summed E-state index contributed by atoms with van der Waals surface area (Å²) in [5.41, 5.74) is 5.36. The van der Waals surface area contributed by atoms with E-state index in [0.29, 0.717) is 101 Å². The number of amides is 1. The number of rotatable bonds is 8. The Bertz CT molecular complexity index is 3120. The fraction of sp³-hybridized carbons (Fsp3) is 0.341. The lowest BCUT2D eigenvalue weighted by Gasteiger charge is -2.34. The second kappa shape index (κ2) is 14.1. The number of nitrogens with one attached hydrogen (secondary N) is 2. The lowest BCUT2D eigenvalue weighted by Crippen LogP contribution is -2.40. The number of benzene rings is 2. The van der Waals surface area contributed by atoms with Gasteiger partial charge in [0.2, 0.25) is 0 Å². The van der Waals surface area contributed by atoms with E-state index in [4.69, 9.17) is 19.1 Å². The van der Waals surface area contributed by atoms with Gasteiger partial charge in [0.15, 0.2) is 5.82 Å². The molecular formula is C44H44FN9O6S. The predicted octanol–water partition coefficient (Wildman–Crippen LogP) is 6.27. The Labute approximate surface area is 349 Å². The summed E-state index contributed by atoms with van der Waals surface area (Å²) < 4.78 is 52.6. The van der Waals surface area contributed by atoms with Gasteiger partial charge in [-0.25, -0.2) is 27.6 Å². The lowest BCUT2D eigenvalue weighted by molar-refractivity contribution is 0.0675. The smallest absolute Gasteiger partial charge is 0.381 e. The number of hydrogen-bond donors (Lipinski definition) is 2. The Hall–Kier alpha value is -6.33. The Balaban J connectivity index is 1.11. The molecule has 7 heterocycles. The first-order chi connectivity index (χ1) is 29.2. The molecule has 1 unspecified atom stereocenters. The number of aryl methyl sites for hydroxylation is 2. The number of imidazole rings is 1. The molecule has 2 atom stereocenters. The largest absolute Gasteiger partial charge is 0.438 e. The molecule has 3 aliphatic rings. The number of hydrogen-bond acceptors (Lipinski definition) is 9. The molecule has 17 heteroatoms. The highest BCUT2D eigenvalue weighted by Gasteiger charge is 2.53. The third kappa shape index (κ3) is 6.31. The monoisotopic (exact) mass is 845 g/mol. The molecule has 314 valence electrons. The molecule has 61 heavy (non-hydrogen) atoms. The van der Waals surface area contributed by atoms with Crippen molar-refractivity contribution >= 4 is 21.2 Å². The van der Waals surface area contributed by atoms with Crippen molar-refractivity contribution in [2.45, 2.75) is 75.1 Å². The van der Waals surface area contributed by atoms with Crippen LogP contribution in [-0.2, 0) is 26.3 Å². The molecule has 1 saturated carbocycles. The third-order valence-electron chi connectivity index (χ3n) is 12.8. The first-order valence-corrected chi connectivity index (χ1v) is 22.3.